The molecule has 0 saturated heterocycles. The number of rotatable bonds is 0. The van der Waals surface area contributed by atoms with Gasteiger partial charge in [-0.25, -0.2) is 0 Å². The van der Waals surface area contributed by atoms with Gasteiger partial charge in [0.15, 0.2) is 0 Å². The molecule has 4 heavy (non-hydrogen) atoms. The van der Waals surface area contributed by atoms with E-state index in [9.17, 15) is 0 Å². The SMILES string of the molecule is P.S.[Mn].[Si]. The maximum absolute atomic E-state index is 0. The van der Waals surface area contributed by atoms with Crippen LogP contribution in [0.4, 0.5) is 0 Å². The van der Waals surface area contributed by atoms with Crippen LogP contribution in [0.5, 0.6) is 0 Å². The molecular formula is H5MnPSSi. The summed E-state index contributed by atoms with van der Waals surface area (Å²) in [6, 6.07) is 0. The van der Waals surface area contributed by atoms with E-state index in [0.29, 0.717) is 0 Å². The second kappa shape index (κ2) is 24.3. The zero-order chi connectivity index (χ0) is 0. The summed E-state index contributed by atoms with van der Waals surface area (Å²) in [5.41, 5.74) is 0. The van der Waals surface area contributed by atoms with Crippen LogP contribution in [0, 0.1) is 0 Å². The van der Waals surface area contributed by atoms with Crippen LogP contribution in [0.2, 0.25) is 0 Å². The maximum Gasteiger partial charge on any atom is 0 e. The van der Waals surface area contributed by atoms with Crippen LogP contribution in [0.1, 0.15) is 0 Å². The van der Waals surface area contributed by atoms with E-state index in [1.54, 1.807) is 0 Å². The van der Waals surface area contributed by atoms with E-state index >= 15 is 0 Å². The molecular weight excluding hydrogens is 146 g/mol. The molecule has 0 aromatic carbocycles. The standard InChI is InChI=1S/Mn.H3P.H2S.Si/h;1H3;1H2;. The molecule has 4 heteroatoms. The summed E-state index contributed by atoms with van der Waals surface area (Å²) in [5, 5.41) is 0. The van der Waals surface area contributed by atoms with Gasteiger partial charge in [0.05, 0.1) is 0 Å². The van der Waals surface area contributed by atoms with Gasteiger partial charge in [-0.15, -0.1) is 0 Å². The Kier molecular flexibility index (Phi) is 297. The van der Waals surface area contributed by atoms with Crippen molar-refractivity contribution in [2.24, 2.45) is 0 Å². The average Bonchev–Trinajstić information content (AvgIpc) is 0. The summed E-state index contributed by atoms with van der Waals surface area (Å²) in [6.07, 6.45) is 0. The van der Waals surface area contributed by atoms with Crippen LogP contribution in [0.25, 0.3) is 0 Å². The fraction of sp³-hybridized carbons (Fsp3) is 0. The number of hydrogen-bond donors (Lipinski definition) is 0. The van der Waals surface area contributed by atoms with Crippen LogP contribution in [-0.4, -0.2) is 11.0 Å². The van der Waals surface area contributed by atoms with E-state index in [4.69, 9.17) is 0 Å². The minimum Gasteiger partial charge on any atom is -0.197 e. The zero-order valence-electron chi connectivity index (χ0n) is 2.09. The van der Waals surface area contributed by atoms with Crippen molar-refractivity contribution in [1.29, 1.82) is 0 Å². The van der Waals surface area contributed by atoms with Crippen molar-refractivity contribution < 1.29 is 17.1 Å². The summed E-state index contributed by atoms with van der Waals surface area (Å²) >= 11 is 0. The largest absolute Gasteiger partial charge is 0.197 e. The molecule has 0 aliphatic carbocycles. The van der Waals surface area contributed by atoms with Gasteiger partial charge >= 0.3 is 0 Å². The van der Waals surface area contributed by atoms with Crippen molar-refractivity contribution in [2.45, 2.75) is 0 Å². The molecule has 0 rings (SSSR count). The Labute approximate surface area is 51.7 Å². The molecule has 0 amide bonds. The smallest absolute Gasteiger partial charge is 0 e. The van der Waals surface area contributed by atoms with E-state index in [1.165, 1.54) is 0 Å². The van der Waals surface area contributed by atoms with Gasteiger partial charge in [-0.1, -0.05) is 0 Å². The molecule has 27 valence electrons. The predicted octanol–water partition coefficient (Wildman–Crippen LogP) is -0.212. The molecule has 0 aromatic heterocycles. The molecule has 0 nitrogen and oxygen atoms in total. The van der Waals surface area contributed by atoms with Gasteiger partial charge in [-0.05, 0) is 0 Å². The summed E-state index contributed by atoms with van der Waals surface area (Å²) in [6.45, 7) is 0. The molecule has 1 atom stereocenters. The molecule has 0 fully saturated rings. The first-order valence-corrected chi connectivity index (χ1v) is 0. The third-order valence-electron chi connectivity index (χ3n) is 0. The molecule has 0 aliphatic heterocycles. The van der Waals surface area contributed by atoms with Crippen molar-refractivity contribution in [1.82, 2.24) is 0 Å². The molecule has 0 spiro atoms. The first-order chi connectivity index (χ1) is 0. The quantitative estimate of drug-likeness (QED) is 0.332. The van der Waals surface area contributed by atoms with Gasteiger partial charge in [0.2, 0.25) is 0 Å². The van der Waals surface area contributed by atoms with Crippen LogP contribution < -0.4 is 0 Å². The third-order valence-corrected chi connectivity index (χ3v) is 0. The Morgan fingerprint density at radius 2 is 1.00 bits per heavy atom. The van der Waals surface area contributed by atoms with Crippen LogP contribution in [-0.2, 0) is 17.1 Å². The Morgan fingerprint density at radius 3 is 1.00 bits per heavy atom. The fourth-order valence-electron chi connectivity index (χ4n) is 0. The molecule has 1 unspecified atom stereocenters. The first-order valence-electron chi connectivity index (χ1n) is 0. The van der Waals surface area contributed by atoms with E-state index in [2.05, 4.69) is 0 Å². The van der Waals surface area contributed by atoms with Gasteiger partial charge in [0.1, 0.15) is 0 Å². The molecule has 5 radical (unpaired) electrons. The van der Waals surface area contributed by atoms with Crippen molar-refractivity contribution in [3.8, 4) is 0 Å². The van der Waals surface area contributed by atoms with Crippen LogP contribution in [0.3, 0.4) is 0 Å². The van der Waals surface area contributed by atoms with E-state index in [1.807, 2.05) is 0 Å². The molecule has 0 N–H and O–H groups in total. The Bertz CT molecular complexity index is 8.00. The number of hydrogen-bond acceptors (Lipinski definition) is 0. The third kappa shape index (κ3) is 9.68. The summed E-state index contributed by atoms with van der Waals surface area (Å²) in [7, 11) is 0. The Hall–Kier alpha value is 1.52. The van der Waals surface area contributed by atoms with Gasteiger partial charge in [0, 0.05) is 28.0 Å². The molecule has 0 aromatic rings. The fourth-order valence-corrected chi connectivity index (χ4v) is 0. The van der Waals surface area contributed by atoms with E-state index in [0.717, 1.165) is 0 Å². The summed E-state index contributed by atoms with van der Waals surface area (Å²) in [5.74, 6) is 0. The topological polar surface area (TPSA) is 0 Å². The molecule has 0 bridgehead atoms. The monoisotopic (exact) mass is 151 g/mol. The van der Waals surface area contributed by atoms with Crippen molar-refractivity contribution in [3.63, 3.8) is 0 Å². The summed E-state index contributed by atoms with van der Waals surface area (Å²) < 4.78 is 0. The molecule has 0 aliphatic rings. The van der Waals surface area contributed by atoms with Crippen molar-refractivity contribution in [3.05, 3.63) is 0 Å². The molecule has 0 heterocycles. The van der Waals surface area contributed by atoms with Gasteiger partial charge in [-0.3, -0.25) is 0 Å². The van der Waals surface area contributed by atoms with Gasteiger partial charge in [-0.2, -0.15) is 23.4 Å². The Morgan fingerprint density at radius 1 is 1.00 bits per heavy atom. The zero-order valence-corrected chi connectivity index (χ0v) is 6.68. The molecule has 0 saturated carbocycles. The summed E-state index contributed by atoms with van der Waals surface area (Å²) in [4.78, 5) is 0. The van der Waals surface area contributed by atoms with Crippen LogP contribution in [0.15, 0.2) is 0 Å². The predicted molar refractivity (Wildman–Crippen MR) is 27.2 cm³/mol. The average molecular weight is 151 g/mol. The second-order valence-corrected chi connectivity index (χ2v) is 0. The minimum atomic E-state index is 0. The van der Waals surface area contributed by atoms with E-state index < -0.39 is 0 Å². The second-order valence-electron chi connectivity index (χ2n) is 0. The Balaban J connectivity index is 0. The van der Waals surface area contributed by atoms with Crippen LogP contribution >= 0.6 is 23.4 Å². The minimum absolute atomic E-state index is 0. The van der Waals surface area contributed by atoms with Gasteiger partial charge < -0.3 is 0 Å². The van der Waals surface area contributed by atoms with Gasteiger partial charge in [0.25, 0.3) is 0 Å². The maximum atomic E-state index is 0. The van der Waals surface area contributed by atoms with Crippen molar-refractivity contribution in [2.75, 3.05) is 0 Å². The van der Waals surface area contributed by atoms with E-state index in [-0.39, 0.29) is 51.4 Å². The first kappa shape index (κ1) is 48.9. The normalized spacial score (nSPS) is 0. The van der Waals surface area contributed by atoms with Crippen molar-refractivity contribution >= 4 is 34.4 Å².